The molecular formula is C14H29N3O. The Kier molecular flexibility index (Phi) is 6.65. The van der Waals surface area contributed by atoms with E-state index in [1.54, 1.807) is 0 Å². The first-order valence-corrected chi connectivity index (χ1v) is 7.30. The van der Waals surface area contributed by atoms with Gasteiger partial charge < -0.3 is 11.1 Å². The van der Waals surface area contributed by atoms with Gasteiger partial charge in [-0.15, -0.1) is 0 Å². The van der Waals surface area contributed by atoms with Gasteiger partial charge >= 0.3 is 0 Å². The van der Waals surface area contributed by atoms with Crippen LogP contribution in [0.4, 0.5) is 0 Å². The molecule has 0 aromatic rings. The Morgan fingerprint density at radius 1 is 1.50 bits per heavy atom. The number of piperidine rings is 1. The van der Waals surface area contributed by atoms with E-state index in [1.807, 2.05) is 0 Å². The van der Waals surface area contributed by atoms with Gasteiger partial charge in [0.25, 0.3) is 0 Å². The average Bonchev–Trinajstić information content (AvgIpc) is 2.29. The smallest absolute Gasteiger partial charge is 0.234 e. The minimum atomic E-state index is 0.154. The fourth-order valence-corrected chi connectivity index (χ4v) is 2.69. The highest BCUT2D eigenvalue weighted by Crippen LogP contribution is 2.18. The number of amides is 1. The summed E-state index contributed by atoms with van der Waals surface area (Å²) >= 11 is 0. The predicted octanol–water partition coefficient (Wildman–Crippen LogP) is 1.35. The molecule has 1 aliphatic heterocycles. The lowest BCUT2D eigenvalue weighted by Gasteiger charge is -2.34. The Morgan fingerprint density at radius 2 is 2.22 bits per heavy atom. The van der Waals surface area contributed by atoms with Crippen LogP contribution in [0.15, 0.2) is 0 Å². The first-order chi connectivity index (χ1) is 8.52. The molecule has 1 saturated heterocycles. The molecule has 0 radical (unpaired) electrons. The molecule has 0 bridgehead atoms. The maximum absolute atomic E-state index is 11.9. The molecule has 1 heterocycles. The van der Waals surface area contributed by atoms with Crippen molar-refractivity contribution in [1.29, 1.82) is 0 Å². The third kappa shape index (κ3) is 5.36. The molecule has 4 nitrogen and oxygen atoms in total. The second kappa shape index (κ2) is 7.74. The van der Waals surface area contributed by atoms with Crippen molar-refractivity contribution in [3.05, 3.63) is 0 Å². The Morgan fingerprint density at radius 3 is 2.83 bits per heavy atom. The van der Waals surface area contributed by atoms with Gasteiger partial charge in [-0.25, -0.2) is 0 Å². The van der Waals surface area contributed by atoms with Gasteiger partial charge in [-0.2, -0.15) is 0 Å². The molecule has 1 amide bonds. The summed E-state index contributed by atoms with van der Waals surface area (Å²) in [5.74, 6) is 0.695. The standard InChI is InChI=1S/C14H29N3O/c1-4-6-11(2)16-14(18)10-17-8-5-7-13(9-17)12(3)15/h11-13H,4-10,15H2,1-3H3,(H,16,18). The van der Waals surface area contributed by atoms with E-state index in [-0.39, 0.29) is 18.0 Å². The van der Waals surface area contributed by atoms with Crippen LogP contribution in [-0.2, 0) is 4.79 Å². The molecule has 3 unspecified atom stereocenters. The van der Waals surface area contributed by atoms with Gasteiger partial charge in [0.05, 0.1) is 6.54 Å². The predicted molar refractivity (Wildman–Crippen MR) is 75.3 cm³/mol. The number of nitrogens with two attached hydrogens (primary N) is 1. The molecule has 18 heavy (non-hydrogen) atoms. The van der Waals surface area contributed by atoms with E-state index in [2.05, 4.69) is 31.0 Å². The van der Waals surface area contributed by atoms with Crippen LogP contribution in [0.3, 0.4) is 0 Å². The van der Waals surface area contributed by atoms with Gasteiger partial charge in [-0.05, 0) is 45.6 Å². The maximum Gasteiger partial charge on any atom is 0.234 e. The largest absolute Gasteiger partial charge is 0.353 e. The number of hydrogen-bond acceptors (Lipinski definition) is 3. The Labute approximate surface area is 111 Å². The topological polar surface area (TPSA) is 58.4 Å². The zero-order valence-electron chi connectivity index (χ0n) is 12.1. The number of hydrogen-bond donors (Lipinski definition) is 2. The van der Waals surface area contributed by atoms with E-state index in [1.165, 1.54) is 6.42 Å². The highest BCUT2D eigenvalue weighted by molar-refractivity contribution is 5.78. The number of rotatable bonds is 6. The second-order valence-electron chi connectivity index (χ2n) is 5.75. The van der Waals surface area contributed by atoms with E-state index >= 15 is 0 Å². The summed E-state index contributed by atoms with van der Waals surface area (Å²) in [7, 11) is 0. The van der Waals surface area contributed by atoms with Gasteiger partial charge in [-0.3, -0.25) is 9.69 Å². The van der Waals surface area contributed by atoms with Crippen LogP contribution in [0.25, 0.3) is 0 Å². The van der Waals surface area contributed by atoms with Crippen LogP contribution in [0.5, 0.6) is 0 Å². The molecule has 4 heteroatoms. The van der Waals surface area contributed by atoms with Crippen LogP contribution >= 0.6 is 0 Å². The zero-order chi connectivity index (χ0) is 13.5. The van der Waals surface area contributed by atoms with Crippen molar-refractivity contribution in [3.8, 4) is 0 Å². The van der Waals surface area contributed by atoms with Crippen molar-refractivity contribution in [3.63, 3.8) is 0 Å². The Hall–Kier alpha value is -0.610. The molecule has 1 rings (SSSR count). The molecule has 106 valence electrons. The molecular weight excluding hydrogens is 226 g/mol. The van der Waals surface area contributed by atoms with E-state index in [0.29, 0.717) is 12.5 Å². The molecule has 0 spiro atoms. The second-order valence-corrected chi connectivity index (χ2v) is 5.75. The molecule has 1 aliphatic rings. The first-order valence-electron chi connectivity index (χ1n) is 7.30. The third-order valence-corrected chi connectivity index (χ3v) is 3.78. The van der Waals surface area contributed by atoms with Crippen LogP contribution in [0.1, 0.15) is 46.5 Å². The molecule has 0 saturated carbocycles. The molecule has 1 fully saturated rings. The summed E-state index contributed by atoms with van der Waals surface area (Å²) in [5, 5.41) is 3.06. The minimum absolute atomic E-state index is 0.154. The summed E-state index contributed by atoms with van der Waals surface area (Å²) in [4.78, 5) is 14.1. The highest BCUT2D eigenvalue weighted by Gasteiger charge is 2.24. The number of carbonyl (C=O) groups excluding carboxylic acids is 1. The van der Waals surface area contributed by atoms with Crippen molar-refractivity contribution in [2.45, 2.75) is 58.5 Å². The summed E-state index contributed by atoms with van der Waals surface area (Å²) in [6.45, 7) is 8.80. The van der Waals surface area contributed by atoms with Crippen LogP contribution in [0.2, 0.25) is 0 Å². The SMILES string of the molecule is CCCC(C)NC(=O)CN1CCCC(C(C)N)C1. The van der Waals surface area contributed by atoms with E-state index in [4.69, 9.17) is 5.73 Å². The van der Waals surface area contributed by atoms with Crippen molar-refractivity contribution in [1.82, 2.24) is 10.2 Å². The van der Waals surface area contributed by atoms with Crippen molar-refractivity contribution in [2.24, 2.45) is 11.7 Å². The first kappa shape index (κ1) is 15.4. The van der Waals surface area contributed by atoms with Crippen molar-refractivity contribution < 1.29 is 4.79 Å². The highest BCUT2D eigenvalue weighted by atomic mass is 16.2. The van der Waals surface area contributed by atoms with Gasteiger partial charge in [0, 0.05) is 18.6 Å². The number of nitrogens with zero attached hydrogens (tertiary/aromatic N) is 1. The summed E-state index contributed by atoms with van der Waals surface area (Å²) in [6.07, 6.45) is 4.51. The van der Waals surface area contributed by atoms with Crippen LogP contribution in [-0.4, -0.2) is 42.5 Å². The van der Waals surface area contributed by atoms with Gasteiger partial charge in [0.15, 0.2) is 0 Å². The van der Waals surface area contributed by atoms with E-state index in [9.17, 15) is 4.79 Å². The van der Waals surface area contributed by atoms with Crippen LogP contribution in [0, 0.1) is 5.92 Å². The van der Waals surface area contributed by atoms with Gasteiger partial charge in [-0.1, -0.05) is 13.3 Å². The fraction of sp³-hybridized carbons (Fsp3) is 0.929. The molecule has 3 atom stereocenters. The lowest BCUT2D eigenvalue weighted by Crippen LogP contribution is -2.47. The Bertz CT molecular complexity index is 255. The lowest BCUT2D eigenvalue weighted by atomic mass is 9.92. The number of nitrogens with one attached hydrogen (secondary N) is 1. The number of carbonyl (C=O) groups is 1. The fourth-order valence-electron chi connectivity index (χ4n) is 2.69. The molecule has 0 aromatic carbocycles. The molecule has 0 aliphatic carbocycles. The van der Waals surface area contributed by atoms with E-state index < -0.39 is 0 Å². The van der Waals surface area contributed by atoms with Crippen molar-refractivity contribution in [2.75, 3.05) is 19.6 Å². The molecule has 3 N–H and O–H groups in total. The Balaban J connectivity index is 2.30. The monoisotopic (exact) mass is 255 g/mol. The minimum Gasteiger partial charge on any atom is -0.353 e. The van der Waals surface area contributed by atoms with Crippen molar-refractivity contribution >= 4 is 5.91 Å². The summed E-state index contributed by atoms with van der Waals surface area (Å²) in [5.41, 5.74) is 5.95. The maximum atomic E-state index is 11.9. The zero-order valence-corrected chi connectivity index (χ0v) is 12.1. The lowest BCUT2D eigenvalue weighted by molar-refractivity contribution is -0.123. The van der Waals surface area contributed by atoms with Crippen LogP contribution < -0.4 is 11.1 Å². The molecule has 0 aromatic heterocycles. The van der Waals surface area contributed by atoms with Gasteiger partial charge in [0.2, 0.25) is 5.91 Å². The summed E-state index contributed by atoms with van der Waals surface area (Å²) in [6, 6.07) is 0.520. The number of likely N-dealkylation sites (tertiary alicyclic amines) is 1. The average molecular weight is 255 g/mol. The quantitative estimate of drug-likeness (QED) is 0.753. The summed E-state index contributed by atoms with van der Waals surface area (Å²) < 4.78 is 0. The normalized spacial score (nSPS) is 24.6. The van der Waals surface area contributed by atoms with E-state index in [0.717, 1.165) is 32.4 Å². The third-order valence-electron chi connectivity index (χ3n) is 3.78. The van der Waals surface area contributed by atoms with Gasteiger partial charge in [0.1, 0.15) is 0 Å².